The Morgan fingerprint density at radius 2 is 2.06 bits per heavy atom. The number of esters is 1. The predicted octanol–water partition coefficient (Wildman–Crippen LogP) is 2.10. The number of halogens is 1. The first-order chi connectivity index (χ1) is 7.69. The van der Waals surface area contributed by atoms with Crippen molar-refractivity contribution in [3.05, 3.63) is 27.3 Å². The molecule has 0 aromatic heterocycles. The van der Waals surface area contributed by atoms with Crippen molar-refractivity contribution in [2.24, 2.45) is 0 Å². The Kier molecular flexibility index (Phi) is 5.54. The molecule has 0 radical (unpaired) electrons. The molecule has 0 heterocycles. The van der Waals surface area contributed by atoms with Gasteiger partial charge in [-0.25, -0.2) is 4.79 Å². The predicted molar refractivity (Wildman–Crippen MR) is 67.9 cm³/mol. The monoisotopic (exact) mass is 336 g/mol. The molecule has 4 nitrogen and oxygen atoms in total. The molecule has 0 amide bonds. The van der Waals surface area contributed by atoms with Gasteiger partial charge in [-0.2, -0.15) is 0 Å². The standard InChI is InChI=1S/C11H13IO4/c1-14-5-6-16-11(13)9-4-3-8(12)7-10(9)15-2/h3-4,7H,5-6H2,1-2H3. The van der Waals surface area contributed by atoms with E-state index >= 15 is 0 Å². The summed E-state index contributed by atoms with van der Waals surface area (Å²) in [5, 5.41) is 0. The van der Waals surface area contributed by atoms with Crippen molar-refractivity contribution < 1.29 is 19.0 Å². The average molecular weight is 336 g/mol. The van der Waals surface area contributed by atoms with Gasteiger partial charge in [-0.3, -0.25) is 0 Å². The second kappa shape index (κ2) is 6.70. The summed E-state index contributed by atoms with van der Waals surface area (Å²) in [7, 11) is 3.08. The molecule has 0 spiro atoms. The van der Waals surface area contributed by atoms with Crippen LogP contribution in [0, 0.1) is 3.57 Å². The van der Waals surface area contributed by atoms with Gasteiger partial charge in [0.15, 0.2) is 0 Å². The average Bonchev–Trinajstić information content (AvgIpc) is 2.29. The Labute approximate surface area is 108 Å². The minimum atomic E-state index is -0.398. The van der Waals surface area contributed by atoms with Crippen LogP contribution in [0.1, 0.15) is 10.4 Å². The Bertz CT molecular complexity index is 365. The number of rotatable bonds is 5. The maximum atomic E-state index is 11.7. The molecule has 0 fully saturated rings. The molecule has 0 atom stereocenters. The van der Waals surface area contributed by atoms with E-state index in [1.165, 1.54) is 7.11 Å². The normalized spacial score (nSPS) is 9.94. The Balaban J connectivity index is 2.74. The van der Waals surface area contributed by atoms with Crippen LogP contribution in [0.15, 0.2) is 18.2 Å². The summed E-state index contributed by atoms with van der Waals surface area (Å²) in [6.07, 6.45) is 0. The van der Waals surface area contributed by atoms with Gasteiger partial charge in [-0.1, -0.05) is 0 Å². The van der Waals surface area contributed by atoms with Crippen LogP contribution in [0.3, 0.4) is 0 Å². The van der Waals surface area contributed by atoms with Gasteiger partial charge in [0.05, 0.1) is 13.7 Å². The molecule has 1 rings (SSSR count). The number of ether oxygens (including phenoxy) is 3. The fourth-order valence-corrected chi connectivity index (χ4v) is 1.59. The zero-order chi connectivity index (χ0) is 12.0. The maximum absolute atomic E-state index is 11.7. The van der Waals surface area contributed by atoms with Crippen LogP contribution in [0.5, 0.6) is 5.75 Å². The van der Waals surface area contributed by atoms with E-state index in [0.29, 0.717) is 17.9 Å². The molecule has 0 aliphatic carbocycles. The van der Waals surface area contributed by atoms with E-state index in [4.69, 9.17) is 14.2 Å². The first kappa shape index (κ1) is 13.2. The van der Waals surface area contributed by atoms with E-state index in [-0.39, 0.29) is 6.61 Å². The topological polar surface area (TPSA) is 44.8 Å². The van der Waals surface area contributed by atoms with Crippen LogP contribution < -0.4 is 4.74 Å². The lowest BCUT2D eigenvalue weighted by Gasteiger charge is -2.08. The second-order valence-corrected chi connectivity index (χ2v) is 4.22. The van der Waals surface area contributed by atoms with E-state index in [1.807, 2.05) is 6.07 Å². The molecule has 0 saturated heterocycles. The summed E-state index contributed by atoms with van der Waals surface area (Å²) in [6, 6.07) is 5.30. The Morgan fingerprint density at radius 1 is 1.31 bits per heavy atom. The second-order valence-electron chi connectivity index (χ2n) is 2.97. The minimum absolute atomic E-state index is 0.241. The van der Waals surface area contributed by atoms with Crippen molar-refractivity contribution in [3.63, 3.8) is 0 Å². The lowest BCUT2D eigenvalue weighted by atomic mass is 10.2. The highest BCUT2D eigenvalue weighted by molar-refractivity contribution is 14.1. The molecule has 0 aliphatic rings. The fourth-order valence-electron chi connectivity index (χ4n) is 1.13. The van der Waals surface area contributed by atoms with Crippen molar-refractivity contribution in [1.29, 1.82) is 0 Å². The van der Waals surface area contributed by atoms with Gasteiger partial charge in [0, 0.05) is 10.7 Å². The molecule has 0 unspecified atom stereocenters. The summed E-state index contributed by atoms with van der Waals surface area (Å²) in [5.74, 6) is 0.125. The van der Waals surface area contributed by atoms with Gasteiger partial charge in [0.1, 0.15) is 17.9 Å². The maximum Gasteiger partial charge on any atom is 0.342 e. The summed E-state index contributed by atoms with van der Waals surface area (Å²) >= 11 is 2.15. The molecule has 0 saturated carbocycles. The van der Waals surface area contributed by atoms with E-state index in [0.717, 1.165) is 3.57 Å². The number of carbonyl (C=O) groups is 1. The first-order valence-electron chi connectivity index (χ1n) is 4.68. The smallest absolute Gasteiger partial charge is 0.342 e. The third-order valence-corrected chi connectivity index (χ3v) is 2.58. The third-order valence-electron chi connectivity index (χ3n) is 1.90. The van der Waals surface area contributed by atoms with Crippen molar-refractivity contribution in [2.45, 2.75) is 0 Å². The van der Waals surface area contributed by atoms with Crippen molar-refractivity contribution in [3.8, 4) is 5.75 Å². The molecule has 1 aromatic rings. The zero-order valence-corrected chi connectivity index (χ0v) is 11.3. The lowest BCUT2D eigenvalue weighted by molar-refractivity contribution is 0.0385. The molecule has 0 aliphatic heterocycles. The highest BCUT2D eigenvalue weighted by Crippen LogP contribution is 2.21. The summed E-state index contributed by atoms with van der Waals surface area (Å²) < 4.78 is 15.9. The van der Waals surface area contributed by atoms with E-state index in [9.17, 15) is 4.79 Å². The largest absolute Gasteiger partial charge is 0.496 e. The van der Waals surface area contributed by atoms with Gasteiger partial charge < -0.3 is 14.2 Å². The van der Waals surface area contributed by atoms with Crippen molar-refractivity contribution in [2.75, 3.05) is 27.4 Å². The molecular weight excluding hydrogens is 323 g/mol. The number of carbonyl (C=O) groups excluding carboxylic acids is 1. The fraction of sp³-hybridized carbons (Fsp3) is 0.364. The van der Waals surface area contributed by atoms with Crippen LogP contribution >= 0.6 is 22.6 Å². The summed E-state index contributed by atoms with van der Waals surface area (Å²) in [5.41, 5.74) is 0.430. The Morgan fingerprint density at radius 3 is 2.69 bits per heavy atom. The number of hydrogen-bond acceptors (Lipinski definition) is 4. The zero-order valence-electron chi connectivity index (χ0n) is 9.16. The molecule has 5 heteroatoms. The molecule has 0 bridgehead atoms. The quantitative estimate of drug-likeness (QED) is 0.469. The van der Waals surface area contributed by atoms with Crippen LogP contribution in [0.2, 0.25) is 0 Å². The van der Waals surface area contributed by atoms with E-state index in [1.54, 1.807) is 19.2 Å². The molecule has 0 N–H and O–H groups in total. The summed E-state index contributed by atoms with van der Waals surface area (Å²) in [6.45, 7) is 0.628. The minimum Gasteiger partial charge on any atom is -0.496 e. The van der Waals surface area contributed by atoms with Gasteiger partial charge in [-0.15, -0.1) is 0 Å². The van der Waals surface area contributed by atoms with Crippen molar-refractivity contribution in [1.82, 2.24) is 0 Å². The number of methoxy groups -OCH3 is 2. The summed E-state index contributed by atoms with van der Waals surface area (Å²) in [4.78, 5) is 11.7. The van der Waals surface area contributed by atoms with Gasteiger partial charge >= 0.3 is 5.97 Å². The highest BCUT2D eigenvalue weighted by Gasteiger charge is 2.13. The van der Waals surface area contributed by atoms with Crippen LogP contribution in [-0.4, -0.2) is 33.4 Å². The van der Waals surface area contributed by atoms with Gasteiger partial charge in [0.2, 0.25) is 0 Å². The first-order valence-corrected chi connectivity index (χ1v) is 5.76. The van der Waals surface area contributed by atoms with Crippen LogP contribution in [0.4, 0.5) is 0 Å². The van der Waals surface area contributed by atoms with Crippen LogP contribution in [0.25, 0.3) is 0 Å². The van der Waals surface area contributed by atoms with Gasteiger partial charge in [0.25, 0.3) is 0 Å². The highest BCUT2D eigenvalue weighted by atomic mass is 127. The van der Waals surface area contributed by atoms with Gasteiger partial charge in [-0.05, 0) is 40.8 Å². The number of benzene rings is 1. The molecule has 1 aromatic carbocycles. The van der Waals surface area contributed by atoms with E-state index < -0.39 is 5.97 Å². The van der Waals surface area contributed by atoms with Crippen LogP contribution in [-0.2, 0) is 9.47 Å². The van der Waals surface area contributed by atoms with Crippen molar-refractivity contribution >= 4 is 28.6 Å². The number of hydrogen-bond donors (Lipinski definition) is 0. The molecule has 88 valence electrons. The third kappa shape index (κ3) is 3.64. The lowest BCUT2D eigenvalue weighted by Crippen LogP contribution is -2.11. The Hall–Kier alpha value is -0.820. The molecule has 16 heavy (non-hydrogen) atoms. The van der Waals surface area contributed by atoms with E-state index in [2.05, 4.69) is 22.6 Å². The SMILES string of the molecule is COCCOC(=O)c1ccc(I)cc1OC. The molecular formula is C11H13IO4.